The Morgan fingerprint density at radius 1 is 1.37 bits per heavy atom. The molecule has 0 unspecified atom stereocenters. The Labute approximate surface area is 157 Å². The predicted octanol–water partition coefficient (Wildman–Crippen LogP) is 1.48. The van der Waals surface area contributed by atoms with E-state index in [0.29, 0.717) is 36.9 Å². The molecule has 2 aromatic rings. The Morgan fingerprint density at radius 2 is 2.22 bits per heavy atom. The van der Waals surface area contributed by atoms with Gasteiger partial charge in [-0.1, -0.05) is 24.8 Å². The monoisotopic (exact) mass is 372 g/mol. The largest absolute Gasteiger partial charge is 0.490 e. The molecule has 1 aromatic carbocycles. The fourth-order valence-corrected chi connectivity index (χ4v) is 2.31. The maximum atomic E-state index is 12.2. The first-order valence-corrected chi connectivity index (χ1v) is 8.69. The maximum absolute atomic E-state index is 12.2. The highest BCUT2D eigenvalue weighted by Crippen LogP contribution is 2.19. The number of amides is 1. The first-order chi connectivity index (χ1) is 13.1. The van der Waals surface area contributed by atoms with Crippen molar-refractivity contribution in [3.05, 3.63) is 53.0 Å². The number of methoxy groups -OCH3 is 1. The van der Waals surface area contributed by atoms with Gasteiger partial charge in [-0.15, -0.1) is 10.2 Å². The van der Waals surface area contributed by atoms with Gasteiger partial charge in [-0.3, -0.25) is 9.59 Å². The number of carbonyl (C=O) groups is 1. The Hall–Kier alpha value is -3.00. The van der Waals surface area contributed by atoms with Crippen LogP contribution in [0, 0.1) is 0 Å². The Bertz CT molecular complexity index is 819. The molecule has 0 aliphatic heterocycles. The average molecular weight is 372 g/mol. The summed E-state index contributed by atoms with van der Waals surface area (Å²) in [6, 6.07) is 7.16. The maximum Gasteiger partial charge on any atom is 0.273 e. The van der Waals surface area contributed by atoms with Crippen molar-refractivity contribution in [3.8, 4) is 17.1 Å². The number of H-pyrrole nitrogens is 1. The first kappa shape index (κ1) is 20.3. The molecule has 2 rings (SSSR count). The number of aryl methyl sites for hydroxylation is 1. The molecule has 1 aromatic heterocycles. The number of aromatic nitrogens is 3. The van der Waals surface area contributed by atoms with Crippen LogP contribution in [0.3, 0.4) is 0 Å². The second-order valence-corrected chi connectivity index (χ2v) is 5.77. The molecular weight excluding hydrogens is 348 g/mol. The zero-order valence-corrected chi connectivity index (χ0v) is 15.4. The van der Waals surface area contributed by atoms with E-state index in [1.807, 2.05) is 0 Å². The smallest absolute Gasteiger partial charge is 0.273 e. The Morgan fingerprint density at radius 3 is 2.96 bits per heavy atom. The van der Waals surface area contributed by atoms with Crippen LogP contribution in [-0.2, 0) is 16.0 Å². The van der Waals surface area contributed by atoms with Gasteiger partial charge in [0.05, 0.1) is 0 Å². The molecule has 0 bridgehead atoms. The molecule has 0 fully saturated rings. The number of nitrogens with one attached hydrogen (secondary N) is 2. The molecule has 2 N–H and O–H groups in total. The van der Waals surface area contributed by atoms with E-state index in [2.05, 4.69) is 27.1 Å². The lowest BCUT2D eigenvalue weighted by molar-refractivity contribution is -0.121. The van der Waals surface area contributed by atoms with Gasteiger partial charge in [0.2, 0.25) is 5.91 Å². The number of benzene rings is 1. The molecule has 0 radical (unpaired) electrons. The van der Waals surface area contributed by atoms with Gasteiger partial charge in [-0.2, -0.15) is 0 Å². The van der Waals surface area contributed by atoms with Gasteiger partial charge in [-0.05, 0) is 18.6 Å². The van der Waals surface area contributed by atoms with Crippen molar-refractivity contribution in [1.29, 1.82) is 0 Å². The number of rotatable bonds is 11. The van der Waals surface area contributed by atoms with Crippen LogP contribution >= 0.6 is 0 Å². The summed E-state index contributed by atoms with van der Waals surface area (Å²) in [7, 11) is 1.61. The Balaban J connectivity index is 1.96. The van der Waals surface area contributed by atoms with Gasteiger partial charge in [0.1, 0.15) is 18.1 Å². The summed E-state index contributed by atoms with van der Waals surface area (Å²) in [5.74, 6) is 0.851. The highest BCUT2D eigenvalue weighted by molar-refractivity contribution is 5.76. The van der Waals surface area contributed by atoms with Crippen LogP contribution in [-0.4, -0.2) is 48.0 Å². The highest BCUT2D eigenvalue weighted by Gasteiger charge is 2.10. The minimum absolute atomic E-state index is 0.136. The molecule has 0 spiro atoms. The van der Waals surface area contributed by atoms with Crippen LogP contribution in [0.5, 0.6) is 5.75 Å². The van der Waals surface area contributed by atoms with Crippen molar-refractivity contribution in [2.45, 2.75) is 19.3 Å². The van der Waals surface area contributed by atoms with Crippen molar-refractivity contribution in [2.75, 3.05) is 26.9 Å². The summed E-state index contributed by atoms with van der Waals surface area (Å²) >= 11 is 0. The van der Waals surface area contributed by atoms with E-state index in [0.717, 1.165) is 6.42 Å². The van der Waals surface area contributed by atoms with E-state index in [-0.39, 0.29) is 30.0 Å². The van der Waals surface area contributed by atoms with Crippen molar-refractivity contribution in [2.24, 2.45) is 0 Å². The zero-order valence-electron chi connectivity index (χ0n) is 15.4. The Kier molecular flexibility index (Phi) is 8.18. The lowest BCUT2D eigenvalue weighted by Crippen LogP contribution is -2.27. The third-order valence-corrected chi connectivity index (χ3v) is 3.68. The molecule has 0 aliphatic rings. The number of ether oxygens (including phenoxy) is 2. The van der Waals surface area contributed by atoms with Crippen LogP contribution in [0.2, 0.25) is 0 Å². The molecule has 1 heterocycles. The van der Waals surface area contributed by atoms with Gasteiger partial charge in [-0.25, -0.2) is 0 Å². The standard InChI is InChI=1S/C19H24N4O4/c1-3-11-27-15-7-4-6-14(13-15)18-21-19(25)16(22-23-18)8-9-17(24)20-10-5-12-26-2/h3-4,6-7,13H,1,5,8-12H2,2H3,(H,20,24)(H,21,23,25). The summed E-state index contributed by atoms with van der Waals surface area (Å²) in [5, 5.41) is 10.8. The lowest BCUT2D eigenvalue weighted by Gasteiger charge is -2.06. The number of carbonyl (C=O) groups excluding carboxylic acids is 1. The number of nitrogens with zero attached hydrogens (tertiary/aromatic N) is 2. The second-order valence-electron chi connectivity index (χ2n) is 5.77. The van der Waals surface area contributed by atoms with Crippen LogP contribution in [0.25, 0.3) is 11.4 Å². The van der Waals surface area contributed by atoms with Gasteiger partial charge in [0.25, 0.3) is 5.56 Å². The van der Waals surface area contributed by atoms with Crippen LogP contribution in [0.1, 0.15) is 18.5 Å². The van der Waals surface area contributed by atoms with E-state index in [1.54, 1.807) is 37.5 Å². The molecule has 1 amide bonds. The molecule has 0 saturated carbocycles. The zero-order chi connectivity index (χ0) is 19.5. The summed E-state index contributed by atoms with van der Waals surface area (Å²) in [6.45, 7) is 5.12. The lowest BCUT2D eigenvalue weighted by atomic mass is 10.2. The van der Waals surface area contributed by atoms with Gasteiger partial charge in [0.15, 0.2) is 5.82 Å². The topological polar surface area (TPSA) is 106 Å². The number of hydrogen-bond acceptors (Lipinski definition) is 6. The van der Waals surface area contributed by atoms with Crippen LogP contribution < -0.4 is 15.6 Å². The molecular formula is C19H24N4O4. The fraction of sp³-hybridized carbons (Fsp3) is 0.368. The summed E-state index contributed by atoms with van der Waals surface area (Å²) in [4.78, 5) is 26.7. The van der Waals surface area contributed by atoms with Crippen molar-refractivity contribution >= 4 is 5.91 Å². The van der Waals surface area contributed by atoms with Crippen molar-refractivity contribution in [1.82, 2.24) is 20.5 Å². The predicted molar refractivity (Wildman–Crippen MR) is 102 cm³/mol. The quantitative estimate of drug-likeness (QED) is 0.457. The van der Waals surface area contributed by atoms with Crippen LogP contribution in [0.4, 0.5) is 0 Å². The van der Waals surface area contributed by atoms with Gasteiger partial charge < -0.3 is 19.8 Å². The normalized spacial score (nSPS) is 10.4. The van der Waals surface area contributed by atoms with Crippen molar-refractivity contribution in [3.63, 3.8) is 0 Å². The third-order valence-electron chi connectivity index (χ3n) is 3.68. The van der Waals surface area contributed by atoms with Crippen LogP contribution in [0.15, 0.2) is 41.7 Å². The fourth-order valence-electron chi connectivity index (χ4n) is 2.31. The minimum atomic E-state index is -0.357. The average Bonchev–Trinajstić information content (AvgIpc) is 2.69. The van der Waals surface area contributed by atoms with E-state index in [4.69, 9.17) is 9.47 Å². The molecule has 8 heteroatoms. The summed E-state index contributed by atoms with van der Waals surface area (Å²) in [5.41, 5.74) is 0.554. The molecule has 27 heavy (non-hydrogen) atoms. The third kappa shape index (κ3) is 6.67. The van der Waals surface area contributed by atoms with E-state index < -0.39 is 0 Å². The molecule has 144 valence electrons. The van der Waals surface area contributed by atoms with E-state index in [1.165, 1.54) is 0 Å². The van der Waals surface area contributed by atoms with E-state index >= 15 is 0 Å². The molecule has 0 aliphatic carbocycles. The highest BCUT2D eigenvalue weighted by atomic mass is 16.5. The summed E-state index contributed by atoms with van der Waals surface area (Å²) in [6.07, 6.45) is 2.79. The minimum Gasteiger partial charge on any atom is -0.490 e. The molecule has 8 nitrogen and oxygen atoms in total. The molecule has 0 saturated heterocycles. The first-order valence-electron chi connectivity index (χ1n) is 8.69. The van der Waals surface area contributed by atoms with Crippen molar-refractivity contribution < 1.29 is 14.3 Å². The SMILES string of the molecule is C=CCOc1cccc(-c2nnc(CCC(=O)NCCCOC)c(=O)[nH]2)c1. The number of hydrogen-bond donors (Lipinski definition) is 2. The van der Waals surface area contributed by atoms with Gasteiger partial charge >= 0.3 is 0 Å². The number of aromatic amines is 1. The van der Waals surface area contributed by atoms with E-state index in [9.17, 15) is 9.59 Å². The summed E-state index contributed by atoms with van der Waals surface area (Å²) < 4.78 is 10.4. The molecule has 0 atom stereocenters. The van der Waals surface area contributed by atoms with Gasteiger partial charge in [0, 0.05) is 38.7 Å². The second kappa shape index (κ2) is 10.9.